The summed E-state index contributed by atoms with van der Waals surface area (Å²) in [7, 11) is 0. The van der Waals surface area contributed by atoms with Gasteiger partial charge in [-0.25, -0.2) is 0 Å². The zero-order valence-electron chi connectivity index (χ0n) is 11.0. The van der Waals surface area contributed by atoms with Crippen molar-refractivity contribution in [2.24, 2.45) is 5.92 Å². The van der Waals surface area contributed by atoms with Crippen LogP contribution in [0.1, 0.15) is 26.2 Å². The molecule has 1 amide bonds. The van der Waals surface area contributed by atoms with Crippen LogP contribution in [0.2, 0.25) is 0 Å². The van der Waals surface area contributed by atoms with Gasteiger partial charge >= 0.3 is 0 Å². The third-order valence-electron chi connectivity index (χ3n) is 2.45. The Morgan fingerprint density at radius 1 is 1.47 bits per heavy atom. The van der Waals surface area contributed by atoms with Crippen molar-refractivity contribution in [2.75, 3.05) is 6.54 Å². The summed E-state index contributed by atoms with van der Waals surface area (Å²) in [6.07, 6.45) is 1.10. The lowest BCUT2D eigenvalue weighted by Crippen LogP contribution is -2.26. The second-order valence-electron chi connectivity index (χ2n) is 4.68. The monoisotopic (exact) mass is 279 g/mol. The quantitative estimate of drug-likeness (QED) is 0.882. The van der Waals surface area contributed by atoms with Gasteiger partial charge < -0.3 is 9.73 Å². The Kier molecular flexibility index (Phi) is 4.68. The SMILES string of the molecule is CC(C)CC(=O)NCCc1nnc(-c2cccs2)o1. The van der Waals surface area contributed by atoms with Gasteiger partial charge in [0.15, 0.2) is 0 Å². The summed E-state index contributed by atoms with van der Waals surface area (Å²) in [5.41, 5.74) is 0. The van der Waals surface area contributed by atoms with Gasteiger partial charge in [-0.1, -0.05) is 19.9 Å². The molecular formula is C13H17N3O2S. The average Bonchev–Trinajstić information content (AvgIpc) is 2.97. The Hall–Kier alpha value is -1.69. The molecule has 0 aromatic carbocycles. The number of rotatable bonds is 6. The average molecular weight is 279 g/mol. The molecule has 0 aliphatic rings. The Morgan fingerprint density at radius 2 is 2.32 bits per heavy atom. The van der Waals surface area contributed by atoms with Gasteiger partial charge in [-0.2, -0.15) is 0 Å². The number of amides is 1. The summed E-state index contributed by atoms with van der Waals surface area (Å²) in [4.78, 5) is 12.4. The summed E-state index contributed by atoms with van der Waals surface area (Å²) in [6.45, 7) is 4.56. The van der Waals surface area contributed by atoms with E-state index in [1.165, 1.54) is 0 Å². The van der Waals surface area contributed by atoms with Gasteiger partial charge in [-0.15, -0.1) is 21.5 Å². The van der Waals surface area contributed by atoms with Gasteiger partial charge in [-0.05, 0) is 17.4 Å². The maximum Gasteiger partial charge on any atom is 0.257 e. The lowest BCUT2D eigenvalue weighted by atomic mass is 10.1. The molecule has 0 unspecified atom stereocenters. The summed E-state index contributed by atoms with van der Waals surface area (Å²) < 4.78 is 5.53. The number of hydrogen-bond acceptors (Lipinski definition) is 5. The molecule has 0 radical (unpaired) electrons. The number of carbonyl (C=O) groups is 1. The van der Waals surface area contributed by atoms with Gasteiger partial charge in [0.2, 0.25) is 11.8 Å². The fourth-order valence-electron chi connectivity index (χ4n) is 1.61. The molecule has 2 rings (SSSR count). The van der Waals surface area contributed by atoms with Crippen molar-refractivity contribution in [2.45, 2.75) is 26.7 Å². The summed E-state index contributed by atoms with van der Waals surface area (Å²) in [5.74, 6) is 1.52. The number of carbonyl (C=O) groups excluding carboxylic acids is 1. The largest absolute Gasteiger partial charge is 0.420 e. The molecule has 1 N–H and O–H groups in total. The van der Waals surface area contributed by atoms with Gasteiger partial charge in [0.05, 0.1) is 4.88 Å². The molecule has 2 aromatic heterocycles. The first-order valence-corrected chi connectivity index (χ1v) is 7.16. The summed E-state index contributed by atoms with van der Waals surface area (Å²) in [6, 6.07) is 3.88. The number of aromatic nitrogens is 2. The van der Waals surface area contributed by atoms with E-state index in [2.05, 4.69) is 15.5 Å². The minimum absolute atomic E-state index is 0.0630. The van der Waals surface area contributed by atoms with E-state index >= 15 is 0 Å². The second kappa shape index (κ2) is 6.47. The number of hydrogen-bond donors (Lipinski definition) is 1. The highest BCUT2D eigenvalue weighted by molar-refractivity contribution is 7.13. The van der Waals surface area contributed by atoms with E-state index in [0.29, 0.717) is 37.1 Å². The van der Waals surface area contributed by atoms with E-state index in [1.807, 2.05) is 31.4 Å². The molecular weight excluding hydrogens is 262 g/mol. The fraction of sp³-hybridized carbons (Fsp3) is 0.462. The van der Waals surface area contributed by atoms with Crippen molar-refractivity contribution in [3.8, 4) is 10.8 Å². The number of thiophene rings is 1. The molecule has 0 atom stereocenters. The molecule has 6 heteroatoms. The van der Waals surface area contributed by atoms with Gasteiger partial charge in [0.25, 0.3) is 5.89 Å². The van der Waals surface area contributed by atoms with E-state index < -0.39 is 0 Å². The standard InChI is InChI=1S/C13H17N3O2S/c1-9(2)8-11(17)14-6-5-12-15-16-13(18-12)10-4-3-7-19-10/h3-4,7,9H,5-6,8H2,1-2H3,(H,14,17). The van der Waals surface area contributed by atoms with Crippen molar-refractivity contribution in [1.29, 1.82) is 0 Å². The molecule has 5 nitrogen and oxygen atoms in total. The molecule has 0 saturated heterocycles. The zero-order chi connectivity index (χ0) is 13.7. The number of nitrogens with zero attached hydrogens (tertiary/aromatic N) is 2. The Labute approximate surface area is 116 Å². The molecule has 0 fully saturated rings. The van der Waals surface area contributed by atoms with E-state index in [-0.39, 0.29) is 5.91 Å². The molecule has 102 valence electrons. The van der Waals surface area contributed by atoms with E-state index in [0.717, 1.165) is 4.88 Å². The lowest BCUT2D eigenvalue weighted by molar-refractivity contribution is -0.121. The summed E-state index contributed by atoms with van der Waals surface area (Å²) in [5, 5.41) is 12.8. The smallest absolute Gasteiger partial charge is 0.257 e. The van der Waals surface area contributed by atoms with E-state index in [4.69, 9.17) is 4.42 Å². The maximum atomic E-state index is 11.5. The highest BCUT2D eigenvalue weighted by atomic mass is 32.1. The molecule has 2 heterocycles. The van der Waals surface area contributed by atoms with Crippen LogP contribution in [-0.2, 0) is 11.2 Å². The predicted molar refractivity (Wildman–Crippen MR) is 73.8 cm³/mol. The minimum atomic E-state index is 0.0630. The maximum absolute atomic E-state index is 11.5. The third kappa shape index (κ3) is 4.17. The Bertz CT molecular complexity index is 520. The number of nitrogens with one attached hydrogen (secondary N) is 1. The van der Waals surface area contributed by atoms with Crippen LogP contribution in [0.5, 0.6) is 0 Å². The van der Waals surface area contributed by atoms with Crippen molar-refractivity contribution in [3.63, 3.8) is 0 Å². The molecule has 0 saturated carbocycles. The van der Waals surface area contributed by atoms with Crippen LogP contribution in [0.4, 0.5) is 0 Å². The highest BCUT2D eigenvalue weighted by Crippen LogP contribution is 2.22. The second-order valence-corrected chi connectivity index (χ2v) is 5.62. The van der Waals surface area contributed by atoms with Gasteiger partial charge in [-0.3, -0.25) is 4.79 Å². The Balaban J connectivity index is 1.79. The van der Waals surface area contributed by atoms with Crippen LogP contribution in [-0.4, -0.2) is 22.6 Å². The molecule has 2 aromatic rings. The first-order valence-electron chi connectivity index (χ1n) is 6.28. The van der Waals surface area contributed by atoms with Gasteiger partial charge in [0, 0.05) is 19.4 Å². The molecule has 0 aliphatic carbocycles. The zero-order valence-corrected chi connectivity index (χ0v) is 11.9. The third-order valence-corrected chi connectivity index (χ3v) is 3.31. The first-order chi connectivity index (χ1) is 9.15. The van der Waals surface area contributed by atoms with Crippen molar-refractivity contribution in [1.82, 2.24) is 15.5 Å². The molecule has 0 spiro atoms. The molecule has 0 aliphatic heterocycles. The van der Waals surface area contributed by atoms with Crippen LogP contribution < -0.4 is 5.32 Å². The van der Waals surface area contributed by atoms with Crippen molar-refractivity contribution < 1.29 is 9.21 Å². The van der Waals surface area contributed by atoms with E-state index in [1.54, 1.807) is 11.3 Å². The molecule has 0 bridgehead atoms. The predicted octanol–water partition coefficient (Wildman–Crippen LogP) is 2.50. The van der Waals surface area contributed by atoms with Crippen LogP contribution >= 0.6 is 11.3 Å². The van der Waals surface area contributed by atoms with Crippen molar-refractivity contribution >= 4 is 17.2 Å². The topological polar surface area (TPSA) is 68.0 Å². The van der Waals surface area contributed by atoms with Crippen LogP contribution in [0, 0.1) is 5.92 Å². The van der Waals surface area contributed by atoms with Crippen LogP contribution in [0.15, 0.2) is 21.9 Å². The van der Waals surface area contributed by atoms with Crippen molar-refractivity contribution in [3.05, 3.63) is 23.4 Å². The van der Waals surface area contributed by atoms with Crippen LogP contribution in [0.3, 0.4) is 0 Å². The van der Waals surface area contributed by atoms with Crippen LogP contribution in [0.25, 0.3) is 10.8 Å². The summed E-state index contributed by atoms with van der Waals surface area (Å²) >= 11 is 1.56. The minimum Gasteiger partial charge on any atom is -0.420 e. The van der Waals surface area contributed by atoms with E-state index in [9.17, 15) is 4.79 Å². The highest BCUT2D eigenvalue weighted by Gasteiger charge is 2.10. The molecule has 19 heavy (non-hydrogen) atoms. The Morgan fingerprint density at radius 3 is 3.00 bits per heavy atom. The fourth-order valence-corrected chi connectivity index (χ4v) is 2.25. The normalized spacial score (nSPS) is 10.9. The van der Waals surface area contributed by atoms with Gasteiger partial charge in [0.1, 0.15) is 0 Å². The lowest BCUT2D eigenvalue weighted by Gasteiger charge is -2.05. The first kappa shape index (κ1) is 13.7.